The smallest absolute Gasteiger partial charge is 0.365 e. The Balaban J connectivity index is 1.85. The van der Waals surface area contributed by atoms with Gasteiger partial charge in [0, 0.05) is 5.39 Å². The van der Waals surface area contributed by atoms with Gasteiger partial charge >= 0.3 is 12.0 Å². The van der Waals surface area contributed by atoms with Gasteiger partial charge in [-0.05, 0) is 29.0 Å². The number of nitrogens with one attached hydrogen (secondary N) is 1. The number of anilines is 1. The third kappa shape index (κ3) is 4.59. The number of aromatic nitrogens is 3. The van der Waals surface area contributed by atoms with Crippen molar-refractivity contribution in [2.24, 2.45) is 5.73 Å². The summed E-state index contributed by atoms with van der Waals surface area (Å²) >= 11 is 6.50. The highest BCUT2D eigenvalue weighted by molar-refractivity contribution is 7.21. The fourth-order valence-corrected chi connectivity index (χ4v) is 4.69. The van der Waals surface area contributed by atoms with Gasteiger partial charge in [0.05, 0.1) is 16.5 Å². The molecule has 0 spiro atoms. The van der Waals surface area contributed by atoms with E-state index in [9.17, 15) is 32.9 Å². The lowest BCUT2D eigenvalue weighted by Gasteiger charge is -2.12. The maximum atomic E-state index is 13.6. The molecule has 10 nitrogen and oxygen atoms in total. The standard InChI is InChI=1S/C21H14ClF3N6O4S/c1-9-15(22)19(31(34)35)29-30(9)8-13(32)28-16-14-11(10-5-3-2-4-6-10)7-12(21(23,24)25)27-20(14)36-17(16)18(26)33/h2-7H,8H2,1H3,(H2,26,33)(H,28,32). The molecule has 3 heterocycles. The van der Waals surface area contributed by atoms with Crippen LogP contribution < -0.4 is 11.1 Å². The van der Waals surface area contributed by atoms with E-state index in [1.165, 1.54) is 6.92 Å². The Morgan fingerprint density at radius 1 is 1.28 bits per heavy atom. The fraction of sp³-hybridized carbons (Fsp3) is 0.143. The van der Waals surface area contributed by atoms with Gasteiger partial charge in [0.15, 0.2) is 5.02 Å². The Morgan fingerprint density at radius 2 is 1.94 bits per heavy atom. The zero-order valence-corrected chi connectivity index (χ0v) is 19.7. The molecule has 0 fully saturated rings. The topological polar surface area (TPSA) is 146 Å². The molecule has 0 saturated carbocycles. The Labute approximate surface area is 208 Å². The zero-order valence-electron chi connectivity index (χ0n) is 18.1. The molecule has 4 aromatic rings. The minimum Gasteiger partial charge on any atom is -0.365 e. The number of fused-ring (bicyclic) bond motifs is 1. The number of nitrogens with zero attached hydrogens (tertiary/aromatic N) is 4. The summed E-state index contributed by atoms with van der Waals surface area (Å²) < 4.78 is 41.7. The second-order valence-corrected chi connectivity index (χ2v) is 8.83. The minimum atomic E-state index is -4.77. The number of hydrogen-bond acceptors (Lipinski definition) is 7. The number of thiophene rings is 1. The number of nitrogens with two attached hydrogens (primary N) is 1. The van der Waals surface area contributed by atoms with Crippen molar-refractivity contribution in [3.63, 3.8) is 0 Å². The summed E-state index contributed by atoms with van der Waals surface area (Å²) in [5.41, 5.74) is 4.74. The normalized spacial score (nSPS) is 11.6. The predicted molar refractivity (Wildman–Crippen MR) is 126 cm³/mol. The first-order valence-corrected chi connectivity index (χ1v) is 11.1. The highest BCUT2D eigenvalue weighted by atomic mass is 35.5. The van der Waals surface area contributed by atoms with E-state index >= 15 is 0 Å². The number of benzene rings is 1. The van der Waals surface area contributed by atoms with Crippen LogP contribution in [0.15, 0.2) is 36.4 Å². The van der Waals surface area contributed by atoms with Gasteiger partial charge in [-0.15, -0.1) is 11.3 Å². The molecule has 0 unspecified atom stereocenters. The van der Waals surface area contributed by atoms with Gasteiger partial charge in [-0.2, -0.15) is 17.9 Å². The Bertz CT molecular complexity index is 1530. The quantitative estimate of drug-likeness (QED) is 0.267. The molecule has 3 aromatic heterocycles. The van der Waals surface area contributed by atoms with Crippen molar-refractivity contribution in [2.75, 3.05) is 5.32 Å². The van der Waals surface area contributed by atoms with Crippen molar-refractivity contribution in [1.29, 1.82) is 0 Å². The molecule has 0 atom stereocenters. The molecule has 4 rings (SSSR count). The molecule has 186 valence electrons. The lowest BCUT2D eigenvalue weighted by molar-refractivity contribution is -0.389. The summed E-state index contributed by atoms with van der Waals surface area (Å²) in [4.78, 5) is 38.6. The maximum absolute atomic E-state index is 13.6. The SMILES string of the molecule is Cc1c(Cl)c([N+](=O)[O-])nn1CC(=O)Nc1c(C(N)=O)sc2nc(C(F)(F)F)cc(-c3ccccc3)c12. The number of nitro groups is 1. The average molecular weight is 539 g/mol. The summed E-state index contributed by atoms with van der Waals surface area (Å²) in [6.45, 7) is 0.879. The van der Waals surface area contributed by atoms with Crippen molar-refractivity contribution in [3.05, 3.63) is 67.8 Å². The van der Waals surface area contributed by atoms with Crippen LogP contribution in [0.25, 0.3) is 21.3 Å². The van der Waals surface area contributed by atoms with Crippen molar-refractivity contribution in [2.45, 2.75) is 19.6 Å². The molecule has 1 aromatic carbocycles. The van der Waals surface area contributed by atoms with Gasteiger partial charge in [0.2, 0.25) is 5.91 Å². The molecule has 0 aliphatic rings. The van der Waals surface area contributed by atoms with Gasteiger partial charge in [-0.3, -0.25) is 9.59 Å². The number of primary amides is 1. The number of halogens is 4. The van der Waals surface area contributed by atoms with Gasteiger partial charge in [0.25, 0.3) is 5.91 Å². The first-order valence-electron chi connectivity index (χ1n) is 9.95. The average Bonchev–Trinajstić information content (AvgIpc) is 3.31. The minimum absolute atomic E-state index is 0.0703. The summed E-state index contributed by atoms with van der Waals surface area (Å²) in [7, 11) is 0. The Kier molecular flexibility index (Phi) is 6.41. The van der Waals surface area contributed by atoms with Crippen LogP contribution in [-0.2, 0) is 17.5 Å². The van der Waals surface area contributed by atoms with E-state index in [4.69, 9.17) is 17.3 Å². The van der Waals surface area contributed by atoms with Crippen LogP contribution in [-0.4, -0.2) is 31.5 Å². The Hall–Kier alpha value is -4.04. The summed E-state index contributed by atoms with van der Waals surface area (Å²) in [6.07, 6.45) is -4.77. The van der Waals surface area contributed by atoms with E-state index in [-0.39, 0.29) is 37.1 Å². The number of alkyl halides is 3. The van der Waals surface area contributed by atoms with E-state index in [1.807, 2.05) is 0 Å². The Morgan fingerprint density at radius 3 is 2.50 bits per heavy atom. The summed E-state index contributed by atoms with van der Waals surface area (Å²) in [6, 6.07) is 8.87. The highest BCUT2D eigenvalue weighted by Crippen LogP contribution is 2.43. The first kappa shape index (κ1) is 25.1. The highest BCUT2D eigenvalue weighted by Gasteiger charge is 2.35. The first-order chi connectivity index (χ1) is 16.9. The van der Waals surface area contributed by atoms with Gasteiger partial charge in [0.1, 0.15) is 21.9 Å². The van der Waals surface area contributed by atoms with Crippen LogP contribution in [0.2, 0.25) is 5.02 Å². The van der Waals surface area contributed by atoms with E-state index in [1.54, 1.807) is 30.3 Å². The molecule has 0 bridgehead atoms. The van der Waals surface area contributed by atoms with E-state index in [2.05, 4.69) is 15.4 Å². The lowest BCUT2D eigenvalue weighted by atomic mass is 10.0. The molecule has 15 heteroatoms. The molecule has 0 aliphatic heterocycles. The van der Waals surface area contributed by atoms with Crippen molar-refractivity contribution in [1.82, 2.24) is 14.8 Å². The monoisotopic (exact) mass is 538 g/mol. The van der Waals surface area contributed by atoms with Gasteiger partial charge in [-0.1, -0.05) is 41.9 Å². The number of rotatable bonds is 6. The summed E-state index contributed by atoms with van der Waals surface area (Å²) in [5, 5.41) is 17.1. The molecule has 36 heavy (non-hydrogen) atoms. The maximum Gasteiger partial charge on any atom is 0.433 e. The summed E-state index contributed by atoms with van der Waals surface area (Å²) in [5.74, 6) is -2.42. The predicted octanol–water partition coefficient (Wildman–Crippen LogP) is 4.79. The van der Waals surface area contributed by atoms with E-state index in [0.29, 0.717) is 16.9 Å². The largest absolute Gasteiger partial charge is 0.433 e. The molecule has 0 radical (unpaired) electrons. The van der Waals surface area contributed by atoms with E-state index in [0.717, 1.165) is 10.7 Å². The number of carbonyl (C=O) groups excluding carboxylic acids is 2. The van der Waals surface area contributed by atoms with Crippen LogP contribution in [0.1, 0.15) is 21.1 Å². The van der Waals surface area contributed by atoms with Crippen molar-refractivity contribution in [3.8, 4) is 11.1 Å². The fourth-order valence-electron chi connectivity index (χ4n) is 3.48. The number of amides is 2. The van der Waals surface area contributed by atoms with Crippen LogP contribution in [0.3, 0.4) is 0 Å². The third-order valence-electron chi connectivity index (χ3n) is 5.11. The van der Waals surface area contributed by atoms with Crippen LogP contribution in [0.4, 0.5) is 24.7 Å². The molecule has 0 saturated heterocycles. The van der Waals surface area contributed by atoms with Gasteiger partial charge in [-0.25, -0.2) is 4.98 Å². The second kappa shape index (κ2) is 9.20. The molecule has 3 N–H and O–H groups in total. The van der Waals surface area contributed by atoms with Crippen LogP contribution >= 0.6 is 22.9 Å². The number of pyridine rings is 1. The molecule has 0 aliphatic carbocycles. The second-order valence-electron chi connectivity index (χ2n) is 7.46. The van der Waals surface area contributed by atoms with E-state index < -0.39 is 41.0 Å². The molecular formula is C21H14ClF3N6O4S. The molecule has 2 amide bonds. The number of carbonyl (C=O) groups is 2. The van der Waals surface area contributed by atoms with Crippen LogP contribution in [0, 0.1) is 17.0 Å². The zero-order chi connectivity index (χ0) is 26.4. The van der Waals surface area contributed by atoms with Crippen molar-refractivity contribution < 1.29 is 27.7 Å². The lowest BCUT2D eigenvalue weighted by Crippen LogP contribution is -2.22. The van der Waals surface area contributed by atoms with Crippen molar-refractivity contribution >= 4 is 56.5 Å². The van der Waals surface area contributed by atoms with Gasteiger partial charge < -0.3 is 21.2 Å². The number of hydrogen-bond donors (Lipinski definition) is 2. The van der Waals surface area contributed by atoms with Crippen LogP contribution in [0.5, 0.6) is 0 Å². The molecular weight excluding hydrogens is 525 g/mol. The third-order valence-corrected chi connectivity index (χ3v) is 6.65.